The Labute approximate surface area is 127 Å². The summed E-state index contributed by atoms with van der Waals surface area (Å²) in [6.45, 7) is 0. The normalized spacial score (nSPS) is 10.7. The molecule has 3 aromatic rings. The zero-order chi connectivity index (χ0) is 14.1. The van der Waals surface area contributed by atoms with Gasteiger partial charge in [0, 0.05) is 4.47 Å². The van der Waals surface area contributed by atoms with E-state index in [1.165, 1.54) is 17.4 Å². The van der Waals surface area contributed by atoms with E-state index in [0.29, 0.717) is 5.13 Å². The summed E-state index contributed by atoms with van der Waals surface area (Å²) in [6, 6.07) is 12.1. The number of aromatic nitrogens is 1. The van der Waals surface area contributed by atoms with Crippen molar-refractivity contribution in [3.05, 3.63) is 52.5 Å². The number of phenols is 1. The zero-order valence-corrected chi connectivity index (χ0v) is 12.5. The highest BCUT2D eigenvalue weighted by Crippen LogP contribution is 2.29. The number of thiazole rings is 1. The fourth-order valence-corrected chi connectivity index (χ4v) is 3.19. The van der Waals surface area contributed by atoms with Crippen molar-refractivity contribution in [2.24, 2.45) is 0 Å². The van der Waals surface area contributed by atoms with Gasteiger partial charge in [-0.25, -0.2) is 4.98 Å². The van der Waals surface area contributed by atoms with Gasteiger partial charge in [0.05, 0.1) is 15.8 Å². The molecule has 1 amide bonds. The first-order chi connectivity index (χ1) is 9.63. The molecule has 0 spiro atoms. The number of hydrogen-bond acceptors (Lipinski definition) is 4. The molecule has 0 atom stereocenters. The first-order valence-corrected chi connectivity index (χ1v) is 7.40. The number of anilines is 1. The van der Waals surface area contributed by atoms with Crippen LogP contribution >= 0.6 is 27.3 Å². The molecule has 0 saturated heterocycles. The van der Waals surface area contributed by atoms with Gasteiger partial charge in [0.15, 0.2) is 5.13 Å². The Morgan fingerprint density at radius 2 is 2.05 bits per heavy atom. The highest BCUT2D eigenvalue weighted by atomic mass is 79.9. The quantitative estimate of drug-likeness (QED) is 0.735. The first-order valence-electron chi connectivity index (χ1n) is 5.79. The Hall–Kier alpha value is -1.92. The molecular weight excluding hydrogens is 340 g/mol. The Morgan fingerprint density at radius 1 is 1.25 bits per heavy atom. The smallest absolute Gasteiger partial charge is 0.261 e. The van der Waals surface area contributed by atoms with Gasteiger partial charge >= 0.3 is 0 Å². The van der Waals surface area contributed by atoms with Gasteiger partial charge in [-0.15, -0.1) is 0 Å². The molecule has 0 aliphatic heterocycles. The molecule has 100 valence electrons. The Bertz CT molecular complexity index is 801. The standard InChI is InChI=1S/C14H9BrN2O2S/c15-8-5-6-10-12(7-8)20-14(16-10)17-13(19)9-3-1-2-4-11(9)18/h1-7,18H,(H,16,17,19). The van der Waals surface area contributed by atoms with Gasteiger partial charge in [0.1, 0.15) is 5.75 Å². The molecule has 1 heterocycles. The third kappa shape index (κ3) is 2.52. The van der Waals surface area contributed by atoms with E-state index in [0.717, 1.165) is 14.7 Å². The lowest BCUT2D eigenvalue weighted by Gasteiger charge is -2.03. The number of phenolic OH excluding ortho intramolecular Hbond substituents is 1. The molecule has 20 heavy (non-hydrogen) atoms. The fourth-order valence-electron chi connectivity index (χ4n) is 1.78. The highest BCUT2D eigenvalue weighted by Gasteiger charge is 2.13. The lowest BCUT2D eigenvalue weighted by molar-refractivity contribution is 0.102. The van der Waals surface area contributed by atoms with Crippen LogP contribution in [0.25, 0.3) is 10.2 Å². The van der Waals surface area contributed by atoms with Crippen LogP contribution in [-0.2, 0) is 0 Å². The van der Waals surface area contributed by atoms with Crippen molar-refractivity contribution in [1.29, 1.82) is 0 Å². The molecule has 2 aromatic carbocycles. The number of fused-ring (bicyclic) bond motifs is 1. The number of rotatable bonds is 2. The van der Waals surface area contributed by atoms with Gasteiger partial charge in [0.2, 0.25) is 0 Å². The highest BCUT2D eigenvalue weighted by molar-refractivity contribution is 9.10. The summed E-state index contributed by atoms with van der Waals surface area (Å²) in [6.07, 6.45) is 0. The van der Waals surface area contributed by atoms with Crippen LogP contribution in [0, 0.1) is 0 Å². The molecule has 4 nitrogen and oxygen atoms in total. The third-order valence-electron chi connectivity index (χ3n) is 2.72. The van der Waals surface area contributed by atoms with E-state index in [9.17, 15) is 9.90 Å². The zero-order valence-electron chi connectivity index (χ0n) is 10.1. The van der Waals surface area contributed by atoms with Crippen LogP contribution in [0.4, 0.5) is 5.13 Å². The molecule has 0 unspecified atom stereocenters. The van der Waals surface area contributed by atoms with Gasteiger partial charge in [-0.2, -0.15) is 0 Å². The number of aromatic hydroxyl groups is 1. The maximum absolute atomic E-state index is 12.1. The number of carbonyl (C=O) groups is 1. The van der Waals surface area contributed by atoms with E-state index in [4.69, 9.17) is 0 Å². The number of nitrogens with zero attached hydrogens (tertiary/aromatic N) is 1. The van der Waals surface area contributed by atoms with Crippen molar-refractivity contribution >= 4 is 48.5 Å². The average Bonchev–Trinajstić information content (AvgIpc) is 2.80. The van der Waals surface area contributed by atoms with Crippen LogP contribution in [0.3, 0.4) is 0 Å². The van der Waals surface area contributed by atoms with E-state index >= 15 is 0 Å². The Kier molecular flexibility index (Phi) is 3.42. The van der Waals surface area contributed by atoms with Crippen molar-refractivity contribution in [2.75, 3.05) is 5.32 Å². The third-order valence-corrected chi connectivity index (χ3v) is 4.15. The predicted octanol–water partition coefficient (Wildman–Crippen LogP) is 4.02. The second-order valence-corrected chi connectivity index (χ2v) is 6.05. The van der Waals surface area contributed by atoms with Crippen LogP contribution < -0.4 is 5.32 Å². The number of halogens is 1. The minimum atomic E-state index is -0.374. The number of para-hydroxylation sites is 1. The molecule has 2 N–H and O–H groups in total. The van der Waals surface area contributed by atoms with Crippen molar-refractivity contribution in [2.45, 2.75) is 0 Å². The summed E-state index contributed by atoms with van der Waals surface area (Å²) < 4.78 is 1.94. The van der Waals surface area contributed by atoms with Crippen LogP contribution in [0.5, 0.6) is 5.75 Å². The Morgan fingerprint density at radius 3 is 2.85 bits per heavy atom. The summed E-state index contributed by atoms with van der Waals surface area (Å²) >= 11 is 4.78. The lowest BCUT2D eigenvalue weighted by atomic mass is 10.2. The van der Waals surface area contributed by atoms with Gasteiger partial charge in [-0.3, -0.25) is 10.1 Å². The SMILES string of the molecule is O=C(Nc1nc2ccc(Br)cc2s1)c1ccccc1O. The predicted molar refractivity (Wildman–Crippen MR) is 83.4 cm³/mol. The Balaban J connectivity index is 1.89. The fraction of sp³-hybridized carbons (Fsp3) is 0. The van der Waals surface area contributed by atoms with Crippen molar-refractivity contribution < 1.29 is 9.90 Å². The van der Waals surface area contributed by atoms with Gasteiger partial charge in [-0.05, 0) is 30.3 Å². The minimum absolute atomic E-state index is 0.0474. The molecule has 0 bridgehead atoms. The van der Waals surface area contributed by atoms with E-state index < -0.39 is 0 Å². The summed E-state index contributed by atoms with van der Waals surface area (Å²) in [4.78, 5) is 16.4. The van der Waals surface area contributed by atoms with Crippen LogP contribution in [0.1, 0.15) is 10.4 Å². The van der Waals surface area contributed by atoms with E-state index in [1.54, 1.807) is 18.2 Å². The minimum Gasteiger partial charge on any atom is -0.507 e. The second-order valence-electron chi connectivity index (χ2n) is 4.10. The molecule has 6 heteroatoms. The molecule has 0 aliphatic rings. The van der Waals surface area contributed by atoms with Crippen LogP contribution in [-0.4, -0.2) is 16.0 Å². The van der Waals surface area contributed by atoms with Crippen molar-refractivity contribution in [1.82, 2.24) is 4.98 Å². The lowest BCUT2D eigenvalue weighted by Crippen LogP contribution is -2.11. The largest absolute Gasteiger partial charge is 0.507 e. The number of nitrogens with one attached hydrogen (secondary N) is 1. The number of hydrogen-bond donors (Lipinski definition) is 2. The van der Waals surface area contributed by atoms with Crippen molar-refractivity contribution in [3.8, 4) is 5.75 Å². The second kappa shape index (κ2) is 5.22. The molecule has 0 fully saturated rings. The molecule has 1 aromatic heterocycles. The van der Waals surface area contributed by atoms with Gasteiger partial charge in [-0.1, -0.05) is 39.4 Å². The van der Waals surface area contributed by atoms with E-state index in [-0.39, 0.29) is 17.2 Å². The van der Waals surface area contributed by atoms with Crippen LogP contribution in [0.15, 0.2) is 46.9 Å². The monoisotopic (exact) mass is 348 g/mol. The average molecular weight is 349 g/mol. The first kappa shape index (κ1) is 13.1. The molecule has 3 rings (SSSR count). The molecule has 0 saturated carbocycles. The number of carbonyl (C=O) groups excluding carboxylic acids is 1. The van der Waals surface area contributed by atoms with Crippen LogP contribution in [0.2, 0.25) is 0 Å². The summed E-state index contributed by atoms with van der Waals surface area (Å²) in [7, 11) is 0. The maximum Gasteiger partial charge on any atom is 0.261 e. The molecule has 0 aliphatic carbocycles. The summed E-state index contributed by atoms with van der Waals surface area (Å²) in [5.41, 5.74) is 1.05. The number of benzene rings is 2. The summed E-state index contributed by atoms with van der Waals surface area (Å²) in [5, 5.41) is 12.9. The molecular formula is C14H9BrN2O2S. The maximum atomic E-state index is 12.1. The van der Waals surface area contributed by atoms with Gasteiger partial charge in [0.25, 0.3) is 5.91 Å². The van der Waals surface area contributed by atoms with Gasteiger partial charge < -0.3 is 5.11 Å². The van der Waals surface area contributed by atoms with E-state index in [1.807, 2.05) is 18.2 Å². The van der Waals surface area contributed by atoms with E-state index in [2.05, 4.69) is 26.2 Å². The summed E-state index contributed by atoms with van der Waals surface area (Å²) in [5.74, 6) is -0.421. The topological polar surface area (TPSA) is 62.2 Å². The van der Waals surface area contributed by atoms with Crippen molar-refractivity contribution in [3.63, 3.8) is 0 Å². The molecule has 0 radical (unpaired) electrons. The number of amides is 1.